The minimum Gasteiger partial charge on any atom is -0.496 e. The fraction of sp³-hybridized carbons (Fsp3) is 0.409. The molecule has 0 radical (unpaired) electrons. The predicted molar refractivity (Wildman–Crippen MR) is 113 cm³/mol. The van der Waals surface area contributed by atoms with Crippen molar-refractivity contribution in [2.75, 3.05) is 27.7 Å². The highest BCUT2D eigenvalue weighted by Crippen LogP contribution is 2.19. The van der Waals surface area contributed by atoms with Crippen LogP contribution in [0.25, 0.3) is 0 Å². The summed E-state index contributed by atoms with van der Waals surface area (Å²) in [6.45, 7) is 7.19. The molecule has 0 atom stereocenters. The first-order valence-electron chi connectivity index (χ1n) is 9.40. The van der Waals surface area contributed by atoms with Gasteiger partial charge in [0.1, 0.15) is 5.75 Å². The summed E-state index contributed by atoms with van der Waals surface area (Å²) < 4.78 is 5.49. The maximum atomic E-state index is 5.49. The minimum atomic E-state index is 0.641. The second kappa shape index (κ2) is 10.6. The van der Waals surface area contributed by atoms with E-state index in [0.29, 0.717) is 13.1 Å². The average molecular weight is 369 g/mol. The third-order valence-corrected chi connectivity index (χ3v) is 4.14. The van der Waals surface area contributed by atoms with Crippen LogP contribution in [0.5, 0.6) is 5.75 Å². The first-order valence-corrected chi connectivity index (χ1v) is 9.40. The van der Waals surface area contributed by atoms with E-state index in [4.69, 9.17) is 9.73 Å². The minimum absolute atomic E-state index is 0.641. The van der Waals surface area contributed by atoms with Gasteiger partial charge in [-0.15, -0.1) is 0 Å². The molecule has 146 valence electrons. The van der Waals surface area contributed by atoms with Gasteiger partial charge in [0, 0.05) is 25.2 Å². The van der Waals surface area contributed by atoms with E-state index >= 15 is 0 Å². The van der Waals surface area contributed by atoms with Crippen molar-refractivity contribution in [3.8, 4) is 5.75 Å². The van der Waals surface area contributed by atoms with Crippen LogP contribution in [-0.4, -0.2) is 38.6 Å². The average Bonchev–Trinajstić information content (AvgIpc) is 2.64. The molecular weight excluding hydrogens is 336 g/mol. The van der Waals surface area contributed by atoms with Crippen molar-refractivity contribution >= 4 is 5.96 Å². The van der Waals surface area contributed by atoms with Gasteiger partial charge >= 0.3 is 0 Å². The molecule has 5 heteroatoms. The van der Waals surface area contributed by atoms with Gasteiger partial charge in [-0.25, -0.2) is 4.99 Å². The summed E-state index contributed by atoms with van der Waals surface area (Å²) >= 11 is 0. The van der Waals surface area contributed by atoms with Crippen LogP contribution in [0, 0.1) is 6.92 Å². The van der Waals surface area contributed by atoms with E-state index < -0.39 is 0 Å². The summed E-state index contributed by atoms with van der Waals surface area (Å²) in [6.07, 6.45) is 0. The van der Waals surface area contributed by atoms with Gasteiger partial charge < -0.3 is 20.3 Å². The Hall–Kier alpha value is -2.53. The second-order valence-corrected chi connectivity index (χ2v) is 6.92. The zero-order chi connectivity index (χ0) is 19.6. The summed E-state index contributed by atoms with van der Waals surface area (Å²) in [7, 11) is 5.87. The van der Waals surface area contributed by atoms with Gasteiger partial charge in [0.15, 0.2) is 5.96 Å². The molecule has 27 heavy (non-hydrogen) atoms. The van der Waals surface area contributed by atoms with Gasteiger partial charge in [-0.05, 0) is 50.7 Å². The Kier molecular flexibility index (Phi) is 8.14. The quantitative estimate of drug-likeness (QED) is 0.554. The van der Waals surface area contributed by atoms with E-state index in [9.17, 15) is 0 Å². The van der Waals surface area contributed by atoms with Gasteiger partial charge in [-0.2, -0.15) is 0 Å². The molecule has 0 aliphatic carbocycles. The highest BCUT2D eigenvalue weighted by atomic mass is 16.5. The molecule has 5 nitrogen and oxygen atoms in total. The number of hydrogen-bond acceptors (Lipinski definition) is 3. The maximum Gasteiger partial charge on any atom is 0.191 e. The molecular formula is C22H32N4O. The normalized spacial score (nSPS) is 11.6. The molecule has 0 aliphatic heterocycles. The number of guanidine groups is 1. The largest absolute Gasteiger partial charge is 0.496 e. The van der Waals surface area contributed by atoms with Crippen molar-refractivity contribution in [2.45, 2.75) is 33.5 Å². The molecule has 0 saturated heterocycles. The zero-order valence-electron chi connectivity index (χ0n) is 17.2. The smallest absolute Gasteiger partial charge is 0.191 e. The molecule has 0 fully saturated rings. The van der Waals surface area contributed by atoms with Crippen LogP contribution in [0.1, 0.15) is 29.2 Å². The summed E-state index contributed by atoms with van der Waals surface area (Å²) in [5.74, 6) is 1.70. The Morgan fingerprint density at radius 1 is 1.07 bits per heavy atom. The molecule has 2 N–H and O–H groups in total. The number of aliphatic imine (C=N–C) groups is 1. The lowest BCUT2D eigenvalue weighted by atomic mass is 10.1. The van der Waals surface area contributed by atoms with E-state index in [1.54, 1.807) is 7.11 Å². The van der Waals surface area contributed by atoms with Crippen molar-refractivity contribution in [1.82, 2.24) is 15.5 Å². The lowest BCUT2D eigenvalue weighted by Crippen LogP contribution is -2.36. The Bertz CT molecular complexity index is 756. The molecule has 0 heterocycles. The van der Waals surface area contributed by atoms with Crippen molar-refractivity contribution in [3.05, 3.63) is 64.7 Å². The number of aryl methyl sites for hydroxylation is 1. The number of methoxy groups -OCH3 is 1. The first-order chi connectivity index (χ1) is 13.0. The lowest BCUT2D eigenvalue weighted by Gasteiger charge is -2.14. The fourth-order valence-electron chi connectivity index (χ4n) is 2.88. The SMILES string of the molecule is CCNC(=NCc1cccc(CN(C)C)c1)NCc1ccc(C)cc1OC. The molecule has 0 amide bonds. The van der Waals surface area contributed by atoms with E-state index in [1.165, 1.54) is 16.7 Å². The van der Waals surface area contributed by atoms with Crippen LogP contribution in [0.15, 0.2) is 47.5 Å². The second-order valence-electron chi connectivity index (χ2n) is 6.92. The number of benzene rings is 2. The van der Waals surface area contributed by atoms with E-state index in [2.05, 4.69) is 85.9 Å². The van der Waals surface area contributed by atoms with Crippen molar-refractivity contribution in [2.24, 2.45) is 4.99 Å². The highest BCUT2D eigenvalue weighted by Gasteiger charge is 2.05. The van der Waals surface area contributed by atoms with Gasteiger partial charge in [0.2, 0.25) is 0 Å². The van der Waals surface area contributed by atoms with E-state index in [0.717, 1.165) is 30.4 Å². The third-order valence-electron chi connectivity index (χ3n) is 4.14. The monoisotopic (exact) mass is 368 g/mol. The Labute approximate surface area is 163 Å². The highest BCUT2D eigenvalue weighted by molar-refractivity contribution is 5.79. The van der Waals surface area contributed by atoms with Crippen molar-refractivity contribution in [3.63, 3.8) is 0 Å². The fourth-order valence-corrected chi connectivity index (χ4v) is 2.88. The van der Waals surface area contributed by atoms with Crippen molar-refractivity contribution < 1.29 is 4.74 Å². The maximum absolute atomic E-state index is 5.49. The number of nitrogens with zero attached hydrogens (tertiary/aromatic N) is 2. The van der Waals surface area contributed by atoms with Crippen LogP contribution in [0.2, 0.25) is 0 Å². The van der Waals surface area contributed by atoms with Gasteiger partial charge in [-0.1, -0.05) is 36.4 Å². The number of ether oxygens (including phenoxy) is 1. The van der Waals surface area contributed by atoms with Gasteiger partial charge in [-0.3, -0.25) is 0 Å². The molecule has 2 aromatic rings. The van der Waals surface area contributed by atoms with Crippen LogP contribution in [0.3, 0.4) is 0 Å². The molecule has 2 aromatic carbocycles. The number of hydrogen-bond donors (Lipinski definition) is 2. The van der Waals surface area contributed by atoms with Crippen molar-refractivity contribution in [1.29, 1.82) is 0 Å². The van der Waals surface area contributed by atoms with E-state index in [-0.39, 0.29) is 0 Å². The Morgan fingerprint density at radius 3 is 2.56 bits per heavy atom. The molecule has 0 bridgehead atoms. The van der Waals surface area contributed by atoms with Crippen LogP contribution in [0.4, 0.5) is 0 Å². The predicted octanol–water partition coefficient (Wildman–Crippen LogP) is 3.32. The van der Waals surface area contributed by atoms with Crippen LogP contribution in [-0.2, 0) is 19.6 Å². The molecule has 0 spiro atoms. The van der Waals surface area contributed by atoms with Gasteiger partial charge in [0.25, 0.3) is 0 Å². The third kappa shape index (κ3) is 6.94. The molecule has 0 aromatic heterocycles. The topological polar surface area (TPSA) is 48.9 Å². The number of nitrogens with one attached hydrogen (secondary N) is 2. The molecule has 0 aliphatic rings. The Morgan fingerprint density at radius 2 is 1.85 bits per heavy atom. The van der Waals surface area contributed by atoms with Crippen LogP contribution < -0.4 is 15.4 Å². The number of rotatable bonds is 8. The molecule has 0 unspecified atom stereocenters. The van der Waals surface area contributed by atoms with Gasteiger partial charge in [0.05, 0.1) is 13.7 Å². The molecule has 2 rings (SSSR count). The zero-order valence-corrected chi connectivity index (χ0v) is 17.2. The van der Waals surface area contributed by atoms with E-state index in [1.807, 2.05) is 0 Å². The first kappa shape index (κ1) is 20.8. The van der Waals surface area contributed by atoms with Crippen LogP contribution >= 0.6 is 0 Å². The lowest BCUT2D eigenvalue weighted by molar-refractivity contribution is 0.402. The summed E-state index contributed by atoms with van der Waals surface area (Å²) in [5, 5.41) is 6.71. The summed E-state index contributed by atoms with van der Waals surface area (Å²) in [6, 6.07) is 14.8. The standard InChI is InChI=1S/C22H32N4O/c1-6-23-22(25-15-20-11-10-17(2)12-21(20)27-5)24-14-18-8-7-9-19(13-18)16-26(3)4/h7-13H,6,14-16H2,1-5H3,(H2,23,24,25). The summed E-state index contributed by atoms with van der Waals surface area (Å²) in [5.41, 5.74) is 4.81. The molecule has 0 saturated carbocycles. The Balaban J connectivity index is 2.04. The summed E-state index contributed by atoms with van der Waals surface area (Å²) in [4.78, 5) is 6.90.